The normalized spacial score (nSPS) is 14.4. The van der Waals surface area contributed by atoms with Gasteiger partial charge in [0.15, 0.2) is 0 Å². The molecule has 0 saturated heterocycles. The molecule has 4 rings (SSSR count). The molecular weight excluding hydrogens is 348 g/mol. The minimum atomic E-state index is -0.268. The molecule has 0 bridgehead atoms. The second-order valence-electron chi connectivity index (χ2n) is 7.46. The van der Waals surface area contributed by atoms with Gasteiger partial charge in [0.1, 0.15) is 11.9 Å². The lowest BCUT2D eigenvalue weighted by Gasteiger charge is -2.31. The van der Waals surface area contributed by atoms with Crippen molar-refractivity contribution >= 4 is 11.6 Å². The Morgan fingerprint density at radius 2 is 2.04 bits per heavy atom. The molecule has 5 nitrogen and oxygen atoms in total. The summed E-state index contributed by atoms with van der Waals surface area (Å²) in [6.45, 7) is 3.37. The minimum Gasteiger partial charge on any atom is -0.362 e. The Kier molecular flexibility index (Phi) is 5.15. The standard InChI is InChI=1S/C23H26N4O/c1-17-10-11-20-19(15-17)9-6-13-27(20)16-21(28)25-22(18-7-4-3-5-8-18)23-24-12-14-26(23)2/h3-5,7-8,10-12,14-15,22H,6,9,13,16H2,1-2H3,(H,25,28)/t22-/m0/s1. The third-order valence-electron chi connectivity index (χ3n) is 5.34. The lowest BCUT2D eigenvalue weighted by molar-refractivity contribution is -0.120. The molecule has 0 fully saturated rings. The lowest BCUT2D eigenvalue weighted by atomic mass is 9.99. The predicted octanol–water partition coefficient (Wildman–Crippen LogP) is 3.39. The van der Waals surface area contributed by atoms with Gasteiger partial charge in [-0.15, -0.1) is 0 Å². The Morgan fingerprint density at radius 1 is 1.21 bits per heavy atom. The monoisotopic (exact) mass is 374 g/mol. The number of amides is 1. The van der Waals surface area contributed by atoms with Crippen LogP contribution in [-0.4, -0.2) is 28.5 Å². The van der Waals surface area contributed by atoms with E-state index in [-0.39, 0.29) is 11.9 Å². The van der Waals surface area contributed by atoms with Crippen LogP contribution in [0.5, 0.6) is 0 Å². The lowest BCUT2D eigenvalue weighted by Crippen LogP contribution is -2.41. The maximum atomic E-state index is 13.0. The molecule has 1 aromatic heterocycles. The van der Waals surface area contributed by atoms with E-state index in [2.05, 4.69) is 40.3 Å². The van der Waals surface area contributed by atoms with Crippen LogP contribution >= 0.6 is 0 Å². The summed E-state index contributed by atoms with van der Waals surface area (Å²) >= 11 is 0. The van der Waals surface area contributed by atoms with E-state index in [1.54, 1.807) is 6.20 Å². The average molecular weight is 374 g/mol. The van der Waals surface area contributed by atoms with Crippen LogP contribution in [0.2, 0.25) is 0 Å². The van der Waals surface area contributed by atoms with Gasteiger partial charge in [-0.3, -0.25) is 4.79 Å². The summed E-state index contributed by atoms with van der Waals surface area (Å²) in [5.74, 6) is 0.833. The molecule has 2 heterocycles. The fourth-order valence-corrected chi connectivity index (χ4v) is 3.95. The summed E-state index contributed by atoms with van der Waals surface area (Å²) < 4.78 is 1.96. The molecule has 28 heavy (non-hydrogen) atoms. The SMILES string of the molecule is Cc1ccc2c(c1)CCCN2CC(=O)N[C@@H](c1ccccc1)c1nccn1C. The van der Waals surface area contributed by atoms with Crippen molar-refractivity contribution in [2.75, 3.05) is 18.0 Å². The number of benzene rings is 2. The van der Waals surface area contributed by atoms with Crippen molar-refractivity contribution in [1.29, 1.82) is 0 Å². The number of aryl methyl sites for hydroxylation is 3. The van der Waals surface area contributed by atoms with Crippen molar-refractivity contribution in [2.24, 2.45) is 7.05 Å². The van der Waals surface area contributed by atoms with Crippen LogP contribution in [0.4, 0.5) is 5.69 Å². The molecule has 0 unspecified atom stereocenters. The molecule has 1 aliphatic rings. The van der Waals surface area contributed by atoms with E-state index in [0.717, 1.165) is 30.8 Å². The van der Waals surface area contributed by atoms with Gasteiger partial charge < -0.3 is 14.8 Å². The number of nitrogens with zero attached hydrogens (tertiary/aromatic N) is 3. The largest absolute Gasteiger partial charge is 0.362 e. The number of imidazole rings is 1. The van der Waals surface area contributed by atoms with Crippen molar-refractivity contribution in [2.45, 2.75) is 25.8 Å². The van der Waals surface area contributed by atoms with Gasteiger partial charge in [0, 0.05) is 31.7 Å². The predicted molar refractivity (Wildman–Crippen MR) is 111 cm³/mol. The van der Waals surface area contributed by atoms with E-state index < -0.39 is 0 Å². The Balaban J connectivity index is 1.54. The number of hydrogen-bond donors (Lipinski definition) is 1. The minimum absolute atomic E-state index is 0.00489. The van der Waals surface area contributed by atoms with E-state index >= 15 is 0 Å². The Labute approximate surface area is 166 Å². The topological polar surface area (TPSA) is 50.2 Å². The highest BCUT2D eigenvalue weighted by Gasteiger charge is 2.23. The third kappa shape index (κ3) is 3.79. The van der Waals surface area contributed by atoms with Gasteiger partial charge in [-0.05, 0) is 37.0 Å². The summed E-state index contributed by atoms with van der Waals surface area (Å²) in [6, 6.07) is 16.2. The Morgan fingerprint density at radius 3 is 2.79 bits per heavy atom. The fourth-order valence-electron chi connectivity index (χ4n) is 3.95. The molecule has 0 spiro atoms. The zero-order valence-corrected chi connectivity index (χ0v) is 16.4. The van der Waals surface area contributed by atoms with Crippen LogP contribution in [0.25, 0.3) is 0 Å². The Hall–Kier alpha value is -3.08. The number of fused-ring (bicyclic) bond motifs is 1. The first kappa shape index (κ1) is 18.3. The first-order valence-electron chi connectivity index (χ1n) is 9.78. The van der Waals surface area contributed by atoms with Gasteiger partial charge in [-0.1, -0.05) is 48.0 Å². The third-order valence-corrected chi connectivity index (χ3v) is 5.34. The number of carbonyl (C=O) groups excluding carboxylic acids is 1. The van der Waals surface area contributed by atoms with Gasteiger partial charge in [0.05, 0.1) is 6.54 Å². The number of anilines is 1. The van der Waals surface area contributed by atoms with Crippen LogP contribution < -0.4 is 10.2 Å². The van der Waals surface area contributed by atoms with Crippen molar-refractivity contribution in [3.05, 3.63) is 83.4 Å². The number of nitrogens with one attached hydrogen (secondary N) is 1. The van der Waals surface area contributed by atoms with Crippen LogP contribution in [0.15, 0.2) is 60.9 Å². The molecule has 0 radical (unpaired) electrons. The first-order valence-corrected chi connectivity index (χ1v) is 9.78. The molecule has 144 valence electrons. The van der Waals surface area contributed by atoms with E-state index in [1.165, 1.54) is 16.8 Å². The molecule has 3 aromatic rings. The second-order valence-corrected chi connectivity index (χ2v) is 7.46. The molecule has 0 saturated carbocycles. The van der Waals surface area contributed by atoms with Gasteiger partial charge in [0.2, 0.25) is 5.91 Å². The fraction of sp³-hybridized carbons (Fsp3) is 0.304. The quantitative estimate of drug-likeness (QED) is 0.745. The van der Waals surface area contributed by atoms with Crippen molar-refractivity contribution < 1.29 is 4.79 Å². The summed E-state index contributed by atoms with van der Waals surface area (Å²) in [5.41, 5.74) is 4.81. The summed E-state index contributed by atoms with van der Waals surface area (Å²) in [6.07, 6.45) is 5.82. The van der Waals surface area contributed by atoms with E-state index in [4.69, 9.17) is 0 Å². The molecule has 1 atom stereocenters. The van der Waals surface area contributed by atoms with Crippen LogP contribution in [0, 0.1) is 6.92 Å². The zero-order valence-electron chi connectivity index (χ0n) is 16.4. The number of rotatable bonds is 5. The van der Waals surface area contributed by atoms with Gasteiger partial charge in [0.25, 0.3) is 0 Å². The van der Waals surface area contributed by atoms with E-state index in [1.807, 2.05) is 48.1 Å². The second kappa shape index (κ2) is 7.89. The van der Waals surface area contributed by atoms with Crippen molar-refractivity contribution in [1.82, 2.24) is 14.9 Å². The molecule has 5 heteroatoms. The van der Waals surface area contributed by atoms with Gasteiger partial charge in [-0.25, -0.2) is 4.98 Å². The molecule has 0 aliphatic carbocycles. The average Bonchev–Trinajstić information content (AvgIpc) is 3.12. The smallest absolute Gasteiger partial charge is 0.240 e. The number of aromatic nitrogens is 2. The number of hydrogen-bond acceptors (Lipinski definition) is 3. The van der Waals surface area contributed by atoms with Crippen molar-refractivity contribution in [3.8, 4) is 0 Å². The van der Waals surface area contributed by atoms with Crippen LogP contribution in [-0.2, 0) is 18.3 Å². The van der Waals surface area contributed by atoms with Gasteiger partial charge >= 0.3 is 0 Å². The van der Waals surface area contributed by atoms with E-state index in [0.29, 0.717) is 6.54 Å². The summed E-state index contributed by atoms with van der Waals surface area (Å²) in [7, 11) is 1.95. The van der Waals surface area contributed by atoms with Crippen molar-refractivity contribution in [3.63, 3.8) is 0 Å². The maximum Gasteiger partial charge on any atom is 0.240 e. The number of carbonyl (C=O) groups is 1. The van der Waals surface area contributed by atoms with E-state index in [9.17, 15) is 4.79 Å². The highest BCUT2D eigenvalue weighted by Crippen LogP contribution is 2.28. The summed E-state index contributed by atoms with van der Waals surface area (Å²) in [4.78, 5) is 19.6. The zero-order chi connectivity index (χ0) is 19.5. The van der Waals surface area contributed by atoms with Crippen LogP contribution in [0.3, 0.4) is 0 Å². The molecule has 1 N–H and O–H groups in total. The highest BCUT2D eigenvalue weighted by molar-refractivity contribution is 5.82. The summed E-state index contributed by atoms with van der Waals surface area (Å²) in [5, 5.41) is 3.20. The molecule has 1 amide bonds. The maximum absolute atomic E-state index is 13.0. The van der Waals surface area contributed by atoms with Gasteiger partial charge in [-0.2, -0.15) is 0 Å². The van der Waals surface area contributed by atoms with Crippen LogP contribution in [0.1, 0.15) is 35.0 Å². The Bertz CT molecular complexity index is 964. The molecule has 2 aromatic carbocycles. The molecular formula is C23H26N4O. The first-order chi connectivity index (χ1) is 13.6. The molecule has 1 aliphatic heterocycles. The highest BCUT2D eigenvalue weighted by atomic mass is 16.2.